The van der Waals surface area contributed by atoms with Gasteiger partial charge in [0.15, 0.2) is 11.4 Å². The van der Waals surface area contributed by atoms with Crippen LogP contribution in [0.4, 0.5) is 45.5 Å². The topological polar surface area (TPSA) is 215 Å². The van der Waals surface area contributed by atoms with Crippen LogP contribution in [0.25, 0.3) is 10.2 Å². The maximum Gasteiger partial charge on any atom is 1.00 e. The molecule has 0 atom stereocenters. The van der Waals surface area contributed by atoms with E-state index < -0.39 is 15.0 Å². The van der Waals surface area contributed by atoms with Crippen LogP contribution in [0.5, 0.6) is 0 Å². The number of anilines is 4. The maximum atomic E-state index is 5.15. The zero-order chi connectivity index (χ0) is 82.0. The Morgan fingerprint density at radius 1 is 0.177 bits per heavy atom. The molecule has 12 aliphatic heterocycles. The summed E-state index contributed by atoms with van der Waals surface area (Å²) in [6.07, 6.45) is 30.7. The van der Waals surface area contributed by atoms with Gasteiger partial charge in [-0.3, -0.25) is 0 Å². The van der Waals surface area contributed by atoms with Crippen molar-refractivity contribution < 1.29 is 167 Å². The van der Waals surface area contributed by atoms with Gasteiger partial charge in [-0.2, -0.15) is 0 Å². The Kier molecular flexibility index (Phi) is 79.7. The first-order valence-electron chi connectivity index (χ1n) is 43.9. The second kappa shape index (κ2) is 84.1. The Hall–Kier alpha value is -4.49. The number of nitrogens with zero attached hydrogens (tertiary/aromatic N) is 2. The molecule has 664 valence electrons. The van der Waals surface area contributed by atoms with Crippen LogP contribution >= 0.6 is 15.0 Å². The van der Waals surface area contributed by atoms with Crippen molar-refractivity contribution >= 4 is 60.5 Å². The monoisotopic (exact) mass is 1760 g/mol. The Labute approximate surface area is 806 Å². The van der Waals surface area contributed by atoms with E-state index in [1.54, 1.807) is 0 Å². The van der Waals surface area contributed by atoms with Gasteiger partial charge in [0.05, 0.1) is 0 Å². The molecule has 0 spiro atoms. The number of benzene rings is 8. The Bertz CT molecular complexity index is 2950. The number of ether oxygens (including phenoxy) is 12. The van der Waals surface area contributed by atoms with E-state index in [1.165, 1.54) is 154 Å². The third-order valence-corrected chi connectivity index (χ3v) is 22.9. The minimum Gasteiger partial charge on any atom is -1.00 e. The smallest absolute Gasteiger partial charge is 1.00 e. The van der Waals surface area contributed by atoms with Gasteiger partial charge in [0.25, 0.3) is 0 Å². The van der Waals surface area contributed by atoms with Crippen LogP contribution in [0.3, 0.4) is 0 Å². The minimum atomic E-state index is -2.51. The molecule has 0 bridgehead atoms. The SMILES string of the molecule is C1CCOC1.C1CCOC1.C1CCOC1.C1CCOC1.C1CCOC1.C1CCOC1.C1CCOC1.C1CCOC1.C1CCOC1.C1CCOC1.C1CCOC1.C1CCOC1.[Cl-].[Cl-].[Li+].[Li+].[Li+].[Li+].c1ccc([N-]P(Nc2ccccc2)(Nc2ccccc2)=[NH+]c2ccccc2)cc1.c1ccc([N-]P(Nc2ccccc2)(Nc2ccccc2)=[NH+]c2ccccc2)cc1. The van der Waals surface area contributed by atoms with Gasteiger partial charge >= 0.3 is 75.4 Å². The summed E-state index contributed by atoms with van der Waals surface area (Å²) in [6, 6.07) is 80.9. The molecule has 12 aliphatic rings. The average molecular weight is 1760 g/mol. The molecular formula is C96H142Cl2Li4N8O12P2+2. The van der Waals surface area contributed by atoms with Crippen molar-refractivity contribution in [3.8, 4) is 0 Å². The maximum absolute atomic E-state index is 5.15. The summed E-state index contributed by atoms with van der Waals surface area (Å²) in [5, 5.41) is 24.9. The molecule has 0 unspecified atom stereocenters. The predicted molar refractivity (Wildman–Crippen MR) is 488 cm³/mol. The number of halogens is 2. The summed E-state index contributed by atoms with van der Waals surface area (Å²) in [7, 11) is -5.02. The number of hydrogen-bond donors (Lipinski definition) is 6. The van der Waals surface area contributed by atoms with Gasteiger partial charge in [0, 0.05) is 206 Å². The molecule has 6 N–H and O–H groups in total. The van der Waals surface area contributed by atoms with Crippen LogP contribution in [0, 0.1) is 0 Å². The second-order valence-electron chi connectivity index (χ2n) is 28.8. The number of rotatable bonds is 14. The van der Waals surface area contributed by atoms with Crippen LogP contribution in [0.1, 0.15) is 154 Å². The van der Waals surface area contributed by atoms with Crippen LogP contribution < -0.4 is 130 Å². The standard InChI is InChI=1S/2C24H22N4P.12C4H8O.2ClH.4Li/c2*1-5-13-21(14-6-1)25-29(26-22-15-7-2-8-16-22,27-23-17-9-3-10-18-23)28-24-19-11-4-12-20-24;12*1-2-4-5-3-1;;;;;;/h2*1-20H,(H2-,25,26,27,28);12*1-4H2;2*1H;;;;/q2*-1;;;;;;;;;;;;;;;4*+1. The fourth-order valence-corrected chi connectivity index (χ4v) is 16.7. The van der Waals surface area contributed by atoms with Crippen LogP contribution in [-0.4, -0.2) is 159 Å². The molecule has 124 heavy (non-hydrogen) atoms. The molecule has 12 fully saturated rings. The zero-order valence-electron chi connectivity index (χ0n) is 75.5. The molecule has 20 nitrogen and oxygen atoms in total. The molecular weight excluding hydrogens is 1620 g/mol. The quantitative estimate of drug-likeness (QED) is 0.0667. The fraction of sp³-hybridized carbons (Fsp3) is 0.500. The zero-order valence-corrected chi connectivity index (χ0v) is 78.8. The number of nitrogens with one attached hydrogen (secondary N) is 6. The van der Waals surface area contributed by atoms with E-state index in [9.17, 15) is 0 Å². The summed E-state index contributed by atoms with van der Waals surface area (Å²) < 4.78 is 66.7. The first-order chi connectivity index (χ1) is 58.6. The summed E-state index contributed by atoms with van der Waals surface area (Å²) >= 11 is 0. The third kappa shape index (κ3) is 62.7. The summed E-state index contributed by atoms with van der Waals surface area (Å²) in [5.41, 5.74) is 7.76. The van der Waals surface area contributed by atoms with Crippen molar-refractivity contribution in [1.29, 1.82) is 0 Å². The van der Waals surface area contributed by atoms with E-state index in [0.29, 0.717) is 0 Å². The molecule has 0 amide bonds. The van der Waals surface area contributed by atoms with Crippen molar-refractivity contribution in [3.63, 3.8) is 0 Å². The summed E-state index contributed by atoms with van der Waals surface area (Å²) in [4.78, 5) is 0. The molecule has 8 aromatic rings. The van der Waals surface area contributed by atoms with Gasteiger partial charge < -0.3 is 112 Å². The molecule has 0 aromatic heterocycles. The van der Waals surface area contributed by atoms with Gasteiger partial charge in [-0.25, -0.2) is 9.49 Å². The summed E-state index contributed by atoms with van der Waals surface area (Å²) in [5.74, 6) is 0. The molecule has 12 heterocycles. The third-order valence-electron chi connectivity index (χ3n) is 18.4. The van der Waals surface area contributed by atoms with Crippen LogP contribution in [-0.2, 0) is 56.8 Å². The fourth-order valence-electron chi connectivity index (χ4n) is 12.0. The molecule has 12 saturated heterocycles. The van der Waals surface area contributed by atoms with E-state index in [2.05, 4.69) is 103 Å². The minimum absolute atomic E-state index is 0. The molecule has 0 aliphatic carbocycles. The van der Waals surface area contributed by atoms with E-state index in [0.717, 1.165) is 204 Å². The normalized spacial score (nSPS) is 16.6. The van der Waals surface area contributed by atoms with Crippen LogP contribution in [0.15, 0.2) is 243 Å². The van der Waals surface area contributed by atoms with Gasteiger partial charge in [-0.1, -0.05) is 170 Å². The van der Waals surface area contributed by atoms with E-state index in [4.69, 9.17) is 67.0 Å². The average Bonchev–Trinajstić information content (AvgIpc) is 1.08. The van der Waals surface area contributed by atoms with E-state index in [1.807, 2.05) is 170 Å². The molecule has 0 saturated carbocycles. The Morgan fingerprint density at radius 3 is 0.419 bits per heavy atom. The van der Waals surface area contributed by atoms with Gasteiger partial charge in [-0.05, 0) is 203 Å². The predicted octanol–water partition coefficient (Wildman–Crippen LogP) is 4.13. The van der Waals surface area contributed by atoms with E-state index in [-0.39, 0.29) is 100 Å². The Balaban J connectivity index is 0.000000730. The van der Waals surface area contributed by atoms with Crippen molar-refractivity contribution in [2.75, 3.05) is 179 Å². The Morgan fingerprint density at radius 2 is 0.298 bits per heavy atom. The largest absolute Gasteiger partial charge is 1.00 e. The van der Waals surface area contributed by atoms with Crippen molar-refractivity contribution in [2.24, 2.45) is 0 Å². The van der Waals surface area contributed by atoms with Crippen molar-refractivity contribution in [1.82, 2.24) is 0 Å². The van der Waals surface area contributed by atoms with Crippen molar-refractivity contribution in [2.45, 2.75) is 154 Å². The van der Waals surface area contributed by atoms with Gasteiger partial charge in [0.1, 0.15) is 0 Å². The number of para-hydroxylation sites is 6. The van der Waals surface area contributed by atoms with Gasteiger partial charge in [0.2, 0.25) is 15.0 Å². The molecule has 28 heteroatoms. The molecule has 20 rings (SSSR count). The first-order valence-corrected chi connectivity index (χ1v) is 47.4. The first kappa shape index (κ1) is 118. The van der Waals surface area contributed by atoms with E-state index >= 15 is 0 Å². The number of hydrogen-bond acceptors (Lipinski definition) is 12. The summed E-state index contributed by atoms with van der Waals surface area (Å²) in [6.45, 7) is 24.0. The van der Waals surface area contributed by atoms with Gasteiger partial charge in [-0.15, -0.1) is 11.4 Å². The second-order valence-corrected chi connectivity index (χ2v) is 33.1. The van der Waals surface area contributed by atoms with Crippen molar-refractivity contribution in [3.05, 3.63) is 253 Å². The molecule has 8 aromatic carbocycles. The molecule has 0 radical (unpaired) electrons. The van der Waals surface area contributed by atoms with Crippen LogP contribution in [0.2, 0.25) is 0 Å².